The molecule has 1 aliphatic rings. The third kappa shape index (κ3) is 4.70. The van der Waals surface area contributed by atoms with Gasteiger partial charge in [-0.15, -0.1) is 0 Å². The molecule has 138 valence electrons. The lowest BCUT2D eigenvalue weighted by atomic mass is 10.1. The zero-order valence-corrected chi connectivity index (χ0v) is 16.6. The Bertz CT molecular complexity index is 766. The summed E-state index contributed by atoms with van der Waals surface area (Å²) in [6.45, 7) is 3.90. The monoisotopic (exact) mass is 391 g/mol. The van der Waals surface area contributed by atoms with Gasteiger partial charge in [-0.3, -0.25) is 4.79 Å². The molecule has 4 nitrogen and oxygen atoms in total. The van der Waals surface area contributed by atoms with Gasteiger partial charge < -0.3 is 14.7 Å². The summed E-state index contributed by atoms with van der Waals surface area (Å²) in [6, 6.07) is 13.6. The maximum absolute atomic E-state index is 12.7. The van der Waals surface area contributed by atoms with Crippen LogP contribution in [0.3, 0.4) is 0 Å². The number of halogens is 2. The van der Waals surface area contributed by atoms with Crippen LogP contribution in [0.5, 0.6) is 0 Å². The summed E-state index contributed by atoms with van der Waals surface area (Å²) in [5.74, 6) is -0.0181. The van der Waals surface area contributed by atoms with Gasteiger partial charge in [0.05, 0.1) is 0 Å². The van der Waals surface area contributed by atoms with E-state index in [1.807, 2.05) is 4.90 Å². The molecule has 0 saturated carbocycles. The van der Waals surface area contributed by atoms with E-state index in [0.29, 0.717) is 28.7 Å². The SMILES string of the molecule is CN(C)Cc1cccc(N2CCN(C(=O)c3cc(Cl)cc(Cl)c3)CC2)c1. The normalized spacial score (nSPS) is 14.8. The fourth-order valence-electron chi connectivity index (χ4n) is 3.24. The molecule has 2 aromatic rings. The van der Waals surface area contributed by atoms with Gasteiger partial charge in [-0.2, -0.15) is 0 Å². The van der Waals surface area contributed by atoms with E-state index in [1.165, 1.54) is 11.3 Å². The summed E-state index contributed by atoms with van der Waals surface area (Å²) in [4.78, 5) is 19.1. The molecule has 0 unspecified atom stereocenters. The number of nitrogens with zero attached hydrogens (tertiary/aromatic N) is 3. The highest BCUT2D eigenvalue weighted by Crippen LogP contribution is 2.22. The number of benzene rings is 2. The average Bonchev–Trinajstić information content (AvgIpc) is 2.60. The van der Waals surface area contributed by atoms with Crippen molar-refractivity contribution in [3.63, 3.8) is 0 Å². The Hall–Kier alpha value is -1.75. The van der Waals surface area contributed by atoms with Gasteiger partial charge in [0, 0.05) is 54.0 Å². The van der Waals surface area contributed by atoms with Crippen LogP contribution >= 0.6 is 23.2 Å². The molecule has 1 amide bonds. The highest BCUT2D eigenvalue weighted by molar-refractivity contribution is 6.35. The molecule has 1 aliphatic heterocycles. The Labute approximate surface area is 164 Å². The van der Waals surface area contributed by atoms with Crippen molar-refractivity contribution in [3.05, 3.63) is 63.6 Å². The van der Waals surface area contributed by atoms with E-state index in [1.54, 1.807) is 18.2 Å². The predicted molar refractivity (Wildman–Crippen MR) is 108 cm³/mol. The molecule has 0 aromatic heterocycles. The first kappa shape index (κ1) is 19.0. The topological polar surface area (TPSA) is 26.8 Å². The van der Waals surface area contributed by atoms with Crippen LogP contribution in [0.4, 0.5) is 5.69 Å². The first-order valence-electron chi connectivity index (χ1n) is 8.66. The highest BCUT2D eigenvalue weighted by atomic mass is 35.5. The fourth-order valence-corrected chi connectivity index (χ4v) is 3.77. The van der Waals surface area contributed by atoms with Crippen molar-refractivity contribution in [2.24, 2.45) is 0 Å². The third-order valence-corrected chi connectivity index (χ3v) is 4.89. The predicted octanol–water partition coefficient (Wildman–Crippen LogP) is 4.02. The number of piperazine rings is 1. The van der Waals surface area contributed by atoms with E-state index in [9.17, 15) is 4.79 Å². The molecule has 2 aromatic carbocycles. The summed E-state index contributed by atoms with van der Waals surface area (Å²) in [5.41, 5.74) is 3.05. The maximum atomic E-state index is 12.7. The number of hydrogen-bond donors (Lipinski definition) is 0. The van der Waals surface area contributed by atoms with Crippen LogP contribution in [0.2, 0.25) is 10.0 Å². The van der Waals surface area contributed by atoms with Crippen molar-refractivity contribution >= 4 is 34.8 Å². The van der Waals surface area contributed by atoms with Gasteiger partial charge in [0.2, 0.25) is 0 Å². The summed E-state index contributed by atoms with van der Waals surface area (Å²) in [6.07, 6.45) is 0. The molecule has 0 aliphatic carbocycles. The molecule has 0 atom stereocenters. The zero-order valence-electron chi connectivity index (χ0n) is 15.1. The summed E-state index contributed by atoms with van der Waals surface area (Å²) < 4.78 is 0. The first-order valence-corrected chi connectivity index (χ1v) is 9.42. The smallest absolute Gasteiger partial charge is 0.254 e. The Morgan fingerprint density at radius 1 is 1.00 bits per heavy atom. The van der Waals surface area contributed by atoms with E-state index < -0.39 is 0 Å². The maximum Gasteiger partial charge on any atom is 0.254 e. The van der Waals surface area contributed by atoms with Crippen molar-refractivity contribution in [3.8, 4) is 0 Å². The fraction of sp³-hybridized carbons (Fsp3) is 0.350. The minimum Gasteiger partial charge on any atom is -0.368 e. The Kier molecular flexibility index (Phi) is 6.07. The Balaban J connectivity index is 1.64. The summed E-state index contributed by atoms with van der Waals surface area (Å²) >= 11 is 12.0. The zero-order chi connectivity index (χ0) is 18.7. The number of amides is 1. The second-order valence-corrected chi connectivity index (χ2v) is 7.72. The second-order valence-electron chi connectivity index (χ2n) is 6.85. The van der Waals surface area contributed by atoms with Crippen molar-refractivity contribution in [2.75, 3.05) is 45.2 Å². The Morgan fingerprint density at radius 2 is 1.65 bits per heavy atom. The van der Waals surface area contributed by atoms with Crippen LogP contribution in [-0.4, -0.2) is 56.0 Å². The number of hydrogen-bond acceptors (Lipinski definition) is 3. The van der Waals surface area contributed by atoms with E-state index in [2.05, 4.69) is 48.2 Å². The van der Waals surface area contributed by atoms with E-state index in [-0.39, 0.29) is 5.91 Å². The molecule has 1 fully saturated rings. The van der Waals surface area contributed by atoms with Crippen LogP contribution in [0.15, 0.2) is 42.5 Å². The number of rotatable bonds is 4. The minimum absolute atomic E-state index is 0.0181. The standard InChI is InChI=1S/C20H23Cl2N3O/c1-23(2)14-15-4-3-5-19(10-15)24-6-8-25(9-7-24)20(26)16-11-17(21)13-18(22)12-16/h3-5,10-13H,6-9,14H2,1-2H3. The van der Waals surface area contributed by atoms with E-state index >= 15 is 0 Å². The molecule has 0 N–H and O–H groups in total. The first-order chi connectivity index (χ1) is 12.4. The van der Waals surface area contributed by atoms with Crippen molar-refractivity contribution in [1.29, 1.82) is 0 Å². The highest BCUT2D eigenvalue weighted by Gasteiger charge is 2.23. The number of carbonyl (C=O) groups is 1. The number of carbonyl (C=O) groups excluding carboxylic acids is 1. The van der Waals surface area contributed by atoms with Crippen molar-refractivity contribution in [1.82, 2.24) is 9.80 Å². The van der Waals surface area contributed by atoms with E-state index in [0.717, 1.165) is 19.6 Å². The molecule has 0 bridgehead atoms. The summed E-state index contributed by atoms with van der Waals surface area (Å²) in [7, 11) is 4.14. The van der Waals surface area contributed by atoms with Gasteiger partial charge in [0.1, 0.15) is 0 Å². The lowest BCUT2D eigenvalue weighted by Crippen LogP contribution is -2.48. The molecule has 1 saturated heterocycles. The van der Waals surface area contributed by atoms with Crippen LogP contribution in [0.25, 0.3) is 0 Å². The molecule has 0 spiro atoms. The molecule has 26 heavy (non-hydrogen) atoms. The molecule has 6 heteroatoms. The van der Waals surface area contributed by atoms with Crippen LogP contribution in [0, 0.1) is 0 Å². The lowest BCUT2D eigenvalue weighted by molar-refractivity contribution is 0.0747. The molecule has 3 rings (SSSR count). The van der Waals surface area contributed by atoms with Crippen molar-refractivity contribution < 1.29 is 4.79 Å². The largest absolute Gasteiger partial charge is 0.368 e. The summed E-state index contributed by atoms with van der Waals surface area (Å²) in [5, 5.41) is 0.967. The Morgan fingerprint density at radius 3 is 2.27 bits per heavy atom. The second kappa shape index (κ2) is 8.30. The van der Waals surface area contributed by atoms with E-state index in [4.69, 9.17) is 23.2 Å². The van der Waals surface area contributed by atoms with Gasteiger partial charge in [0.25, 0.3) is 5.91 Å². The average molecular weight is 392 g/mol. The van der Waals surface area contributed by atoms with Crippen LogP contribution < -0.4 is 4.90 Å². The van der Waals surface area contributed by atoms with Gasteiger partial charge in [-0.05, 0) is 50.0 Å². The minimum atomic E-state index is -0.0181. The quantitative estimate of drug-likeness (QED) is 0.787. The molecule has 1 heterocycles. The van der Waals surface area contributed by atoms with Gasteiger partial charge >= 0.3 is 0 Å². The third-order valence-electron chi connectivity index (χ3n) is 4.45. The van der Waals surface area contributed by atoms with Crippen LogP contribution in [0.1, 0.15) is 15.9 Å². The van der Waals surface area contributed by atoms with Gasteiger partial charge in [-0.25, -0.2) is 0 Å². The van der Waals surface area contributed by atoms with Crippen molar-refractivity contribution in [2.45, 2.75) is 6.54 Å². The molecular formula is C20H23Cl2N3O. The van der Waals surface area contributed by atoms with Gasteiger partial charge in [0.15, 0.2) is 0 Å². The van der Waals surface area contributed by atoms with Gasteiger partial charge in [-0.1, -0.05) is 35.3 Å². The van der Waals surface area contributed by atoms with Crippen LogP contribution in [-0.2, 0) is 6.54 Å². The number of anilines is 1. The molecule has 0 radical (unpaired) electrons. The molecular weight excluding hydrogens is 369 g/mol. The lowest BCUT2D eigenvalue weighted by Gasteiger charge is -2.36.